The average Bonchev–Trinajstić information content (AvgIpc) is 2.14. The first kappa shape index (κ1) is 15.1. The highest BCUT2D eigenvalue weighted by Gasteiger charge is 2.10. The number of hydrogen-bond acceptors (Lipinski definition) is 3. The minimum atomic E-state index is -0.738. The Balaban J connectivity index is 3.72. The van der Waals surface area contributed by atoms with E-state index in [1.54, 1.807) is 0 Å². The van der Waals surface area contributed by atoms with Gasteiger partial charge in [-0.1, -0.05) is 13.8 Å². The van der Waals surface area contributed by atoms with E-state index >= 15 is 0 Å². The van der Waals surface area contributed by atoms with Gasteiger partial charge in [0.15, 0.2) is 6.29 Å². The van der Waals surface area contributed by atoms with Gasteiger partial charge < -0.3 is 9.47 Å². The number of hydrogen-bond donors (Lipinski definition) is 0. The second-order valence-electron chi connectivity index (χ2n) is 3.83. The van der Waals surface area contributed by atoms with Crippen molar-refractivity contribution >= 4 is 10.8 Å². The van der Waals surface area contributed by atoms with Crippen LogP contribution in [0.1, 0.15) is 34.1 Å². The van der Waals surface area contributed by atoms with Crippen LogP contribution in [0.5, 0.6) is 0 Å². The highest BCUT2D eigenvalue weighted by atomic mass is 32.2. The van der Waals surface area contributed by atoms with Crippen LogP contribution in [0, 0.1) is 5.92 Å². The zero-order chi connectivity index (χ0) is 11.7. The van der Waals surface area contributed by atoms with Crippen molar-refractivity contribution in [3.05, 3.63) is 0 Å². The fourth-order valence-electron chi connectivity index (χ4n) is 1.27. The Hall–Kier alpha value is 0.0700. The van der Waals surface area contributed by atoms with Gasteiger partial charge in [0.05, 0.1) is 0 Å². The van der Waals surface area contributed by atoms with E-state index in [0.29, 0.717) is 24.9 Å². The van der Waals surface area contributed by atoms with E-state index in [9.17, 15) is 4.21 Å². The van der Waals surface area contributed by atoms with Crippen molar-refractivity contribution in [1.29, 1.82) is 0 Å². The Labute approximate surface area is 96.0 Å². The second kappa shape index (κ2) is 9.31. The van der Waals surface area contributed by atoms with Gasteiger partial charge in [-0.25, -0.2) is 0 Å². The van der Waals surface area contributed by atoms with Gasteiger partial charge >= 0.3 is 0 Å². The van der Waals surface area contributed by atoms with Crippen LogP contribution in [-0.2, 0) is 20.3 Å². The fraction of sp³-hybridized carbons (Fsp3) is 1.00. The van der Waals surface area contributed by atoms with E-state index in [4.69, 9.17) is 9.47 Å². The molecule has 0 N–H and O–H groups in total. The molecule has 0 radical (unpaired) electrons. The van der Waals surface area contributed by atoms with Crippen LogP contribution < -0.4 is 0 Å². The Morgan fingerprint density at radius 1 is 1.13 bits per heavy atom. The maximum Gasteiger partial charge on any atom is 0.158 e. The molecule has 0 bridgehead atoms. The van der Waals surface area contributed by atoms with Crippen molar-refractivity contribution in [3.8, 4) is 0 Å². The minimum absolute atomic E-state index is 0.184. The average molecular weight is 236 g/mol. The molecule has 0 saturated heterocycles. The van der Waals surface area contributed by atoms with Gasteiger partial charge in [0.2, 0.25) is 0 Å². The SMILES string of the molecule is CCOC(CCS(=O)CC(C)C)OCC. The maximum atomic E-state index is 11.6. The van der Waals surface area contributed by atoms with Crippen LogP contribution in [0.4, 0.5) is 0 Å². The molecule has 92 valence electrons. The first-order chi connectivity index (χ1) is 7.10. The summed E-state index contributed by atoms with van der Waals surface area (Å²) in [5, 5.41) is 0. The first-order valence-electron chi connectivity index (χ1n) is 5.68. The molecule has 4 heteroatoms. The lowest BCUT2D eigenvalue weighted by Crippen LogP contribution is -2.21. The highest BCUT2D eigenvalue weighted by Crippen LogP contribution is 2.04. The zero-order valence-corrected chi connectivity index (χ0v) is 11.1. The third-order valence-corrected chi connectivity index (χ3v) is 3.54. The Morgan fingerprint density at radius 2 is 1.67 bits per heavy atom. The predicted molar refractivity (Wildman–Crippen MR) is 64.4 cm³/mol. The van der Waals surface area contributed by atoms with Crippen LogP contribution in [0.3, 0.4) is 0 Å². The van der Waals surface area contributed by atoms with Gasteiger partial charge in [-0.15, -0.1) is 0 Å². The number of rotatable bonds is 9. The van der Waals surface area contributed by atoms with E-state index in [-0.39, 0.29) is 6.29 Å². The van der Waals surface area contributed by atoms with Crippen molar-refractivity contribution in [1.82, 2.24) is 0 Å². The smallest absolute Gasteiger partial charge is 0.158 e. The maximum absolute atomic E-state index is 11.6. The van der Waals surface area contributed by atoms with Crippen molar-refractivity contribution in [2.24, 2.45) is 5.92 Å². The largest absolute Gasteiger partial charge is 0.353 e. The third-order valence-electron chi connectivity index (χ3n) is 1.81. The number of ether oxygens (including phenoxy) is 2. The molecular formula is C11H24O3S. The van der Waals surface area contributed by atoms with E-state index < -0.39 is 10.8 Å². The molecule has 0 aromatic rings. The van der Waals surface area contributed by atoms with Gasteiger partial charge in [0, 0.05) is 41.9 Å². The van der Waals surface area contributed by atoms with E-state index in [1.165, 1.54) is 0 Å². The van der Waals surface area contributed by atoms with Crippen LogP contribution in [-0.4, -0.2) is 35.2 Å². The van der Waals surface area contributed by atoms with E-state index in [2.05, 4.69) is 13.8 Å². The molecule has 0 rings (SSSR count). The van der Waals surface area contributed by atoms with Crippen LogP contribution >= 0.6 is 0 Å². The molecule has 0 amide bonds. The van der Waals surface area contributed by atoms with Crippen LogP contribution in [0.15, 0.2) is 0 Å². The summed E-state index contributed by atoms with van der Waals surface area (Å²) in [6, 6.07) is 0. The van der Waals surface area contributed by atoms with E-state index in [1.807, 2.05) is 13.8 Å². The second-order valence-corrected chi connectivity index (χ2v) is 5.45. The minimum Gasteiger partial charge on any atom is -0.353 e. The molecule has 1 unspecified atom stereocenters. The van der Waals surface area contributed by atoms with Gasteiger partial charge in [0.25, 0.3) is 0 Å². The summed E-state index contributed by atoms with van der Waals surface area (Å²) in [6.07, 6.45) is 0.539. The van der Waals surface area contributed by atoms with Gasteiger partial charge in [-0.2, -0.15) is 0 Å². The Bertz CT molecular complexity index is 165. The van der Waals surface area contributed by atoms with Crippen LogP contribution in [0.25, 0.3) is 0 Å². The molecule has 0 saturated carbocycles. The molecule has 0 spiro atoms. The van der Waals surface area contributed by atoms with Gasteiger partial charge in [-0.3, -0.25) is 4.21 Å². The van der Waals surface area contributed by atoms with Crippen LogP contribution in [0.2, 0.25) is 0 Å². The first-order valence-corrected chi connectivity index (χ1v) is 7.17. The predicted octanol–water partition coefficient (Wildman–Crippen LogP) is 2.18. The Morgan fingerprint density at radius 3 is 2.07 bits per heavy atom. The standard InChI is InChI=1S/C11H24O3S/c1-5-13-11(14-6-2)7-8-15(12)9-10(3)4/h10-11H,5-9H2,1-4H3. The lowest BCUT2D eigenvalue weighted by molar-refractivity contribution is -0.136. The molecule has 0 fully saturated rings. The molecule has 0 aliphatic carbocycles. The summed E-state index contributed by atoms with van der Waals surface area (Å²) in [5.41, 5.74) is 0. The summed E-state index contributed by atoms with van der Waals surface area (Å²) < 4.78 is 22.3. The zero-order valence-electron chi connectivity index (χ0n) is 10.3. The lowest BCUT2D eigenvalue weighted by atomic mass is 10.3. The molecular weight excluding hydrogens is 212 g/mol. The van der Waals surface area contributed by atoms with E-state index in [0.717, 1.165) is 12.2 Å². The fourth-order valence-corrected chi connectivity index (χ4v) is 2.63. The molecule has 0 aliphatic rings. The third kappa shape index (κ3) is 9.03. The van der Waals surface area contributed by atoms with Crippen molar-refractivity contribution in [2.75, 3.05) is 24.7 Å². The Kier molecular flexibility index (Phi) is 9.35. The van der Waals surface area contributed by atoms with Crippen molar-refractivity contribution in [2.45, 2.75) is 40.4 Å². The molecule has 1 atom stereocenters. The van der Waals surface area contributed by atoms with Gasteiger partial charge in [-0.05, 0) is 19.8 Å². The monoisotopic (exact) mass is 236 g/mol. The highest BCUT2D eigenvalue weighted by molar-refractivity contribution is 7.84. The molecule has 0 aromatic heterocycles. The molecule has 15 heavy (non-hydrogen) atoms. The quantitative estimate of drug-likeness (QED) is 0.576. The topological polar surface area (TPSA) is 35.5 Å². The van der Waals surface area contributed by atoms with Crippen molar-refractivity contribution in [3.63, 3.8) is 0 Å². The molecule has 0 aliphatic heterocycles. The van der Waals surface area contributed by atoms with Crippen molar-refractivity contribution < 1.29 is 13.7 Å². The molecule has 3 nitrogen and oxygen atoms in total. The van der Waals surface area contributed by atoms with Gasteiger partial charge in [0.1, 0.15) is 0 Å². The molecule has 0 heterocycles. The summed E-state index contributed by atoms with van der Waals surface area (Å²) in [6.45, 7) is 9.33. The lowest BCUT2D eigenvalue weighted by Gasteiger charge is -2.16. The summed E-state index contributed by atoms with van der Waals surface area (Å²) >= 11 is 0. The summed E-state index contributed by atoms with van der Waals surface area (Å²) in [5.74, 6) is 1.93. The normalized spacial score (nSPS) is 13.7. The summed E-state index contributed by atoms with van der Waals surface area (Å²) in [7, 11) is -0.738. The molecule has 0 aromatic carbocycles. The summed E-state index contributed by atoms with van der Waals surface area (Å²) in [4.78, 5) is 0.